The van der Waals surface area contributed by atoms with Crippen molar-refractivity contribution in [2.24, 2.45) is 0 Å². The number of hydrogen-bond donors (Lipinski definition) is 1. The first-order chi connectivity index (χ1) is 9.02. The minimum absolute atomic E-state index is 0.0847. The fourth-order valence-corrected chi connectivity index (χ4v) is 2.26. The van der Waals surface area contributed by atoms with Crippen molar-refractivity contribution in [2.75, 3.05) is 7.11 Å². The zero-order valence-corrected chi connectivity index (χ0v) is 10.5. The lowest BCUT2D eigenvalue weighted by Gasteiger charge is -2.02. The number of carboxylic acid groups (broad SMARTS) is 1. The molecular weight excluding hydrogens is 272 g/mol. The van der Waals surface area contributed by atoms with E-state index < -0.39 is 10.9 Å². The molecule has 0 aliphatic rings. The maximum atomic E-state index is 10.9. The Bertz CT molecular complexity index is 652. The van der Waals surface area contributed by atoms with Crippen LogP contribution in [-0.2, 0) is 0 Å². The number of thiazole rings is 1. The number of nitro groups is 1. The average molecular weight is 280 g/mol. The monoisotopic (exact) mass is 280 g/mol. The van der Waals surface area contributed by atoms with E-state index in [-0.39, 0.29) is 17.1 Å². The number of nitro benzene ring substituents is 1. The van der Waals surface area contributed by atoms with Crippen LogP contribution in [0.15, 0.2) is 23.6 Å². The van der Waals surface area contributed by atoms with Crippen LogP contribution in [0.2, 0.25) is 0 Å². The molecule has 0 saturated heterocycles. The summed E-state index contributed by atoms with van der Waals surface area (Å²) in [5, 5.41) is 21.5. The number of nitrogens with zero attached hydrogens (tertiary/aromatic N) is 2. The summed E-state index contributed by atoms with van der Waals surface area (Å²) in [4.78, 5) is 25.0. The number of methoxy groups -OCH3 is 1. The Balaban J connectivity index is 2.47. The van der Waals surface area contributed by atoms with Crippen LogP contribution >= 0.6 is 11.3 Å². The standard InChI is InChI=1S/C11H8N2O5S/c1-18-9-3-2-6(4-8(9)13(16)17)10-12-7(5-19-10)11(14)15/h2-5H,1H3,(H,14,15). The third kappa shape index (κ3) is 2.52. The third-order valence-corrected chi connectivity index (χ3v) is 3.24. The first-order valence-corrected chi connectivity index (χ1v) is 5.92. The van der Waals surface area contributed by atoms with Gasteiger partial charge in [0, 0.05) is 17.0 Å². The number of carboxylic acids is 1. The predicted octanol–water partition coefficient (Wildman–Crippen LogP) is 2.43. The lowest BCUT2D eigenvalue weighted by molar-refractivity contribution is -0.385. The summed E-state index contributed by atoms with van der Waals surface area (Å²) in [5.41, 5.74) is 0.204. The van der Waals surface area contributed by atoms with Crippen LogP contribution in [0.4, 0.5) is 5.69 Å². The highest BCUT2D eigenvalue weighted by atomic mass is 32.1. The first-order valence-electron chi connectivity index (χ1n) is 5.04. The summed E-state index contributed by atoms with van der Waals surface area (Å²) in [6.45, 7) is 0. The van der Waals surface area contributed by atoms with Crippen LogP contribution in [0, 0.1) is 10.1 Å². The fraction of sp³-hybridized carbons (Fsp3) is 0.0909. The van der Waals surface area contributed by atoms with E-state index in [9.17, 15) is 14.9 Å². The van der Waals surface area contributed by atoms with E-state index in [4.69, 9.17) is 9.84 Å². The van der Waals surface area contributed by atoms with E-state index in [1.54, 1.807) is 6.07 Å². The predicted molar refractivity (Wildman–Crippen MR) is 67.7 cm³/mol. The summed E-state index contributed by atoms with van der Waals surface area (Å²) in [6.07, 6.45) is 0. The summed E-state index contributed by atoms with van der Waals surface area (Å²) >= 11 is 1.11. The Morgan fingerprint density at radius 1 is 1.53 bits per heavy atom. The van der Waals surface area contributed by atoms with E-state index in [0.717, 1.165) is 11.3 Å². The molecule has 0 spiro atoms. The molecule has 0 atom stereocenters. The fourth-order valence-electron chi connectivity index (χ4n) is 1.47. The summed E-state index contributed by atoms with van der Waals surface area (Å²) in [6, 6.07) is 4.36. The van der Waals surface area contributed by atoms with E-state index in [1.807, 2.05) is 0 Å². The molecule has 1 aromatic carbocycles. The van der Waals surface area contributed by atoms with Gasteiger partial charge in [0.25, 0.3) is 0 Å². The van der Waals surface area contributed by atoms with Crippen LogP contribution in [0.1, 0.15) is 10.5 Å². The second kappa shape index (κ2) is 5.02. The highest BCUT2D eigenvalue weighted by molar-refractivity contribution is 7.13. The van der Waals surface area contributed by atoms with E-state index in [1.165, 1.54) is 24.6 Å². The largest absolute Gasteiger partial charge is 0.490 e. The van der Waals surface area contributed by atoms with Gasteiger partial charge in [-0.05, 0) is 12.1 Å². The van der Waals surface area contributed by atoms with Crippen molar-refractivity contribution in [2.45, 2.75) is 0 Å². The molecule has 1 heterocycles. The Labute approximate surface area is 111 Å². The van der Waals surface area contributed by atoms with Gasteiger partial charge in [-0.1, -0.05) is 0 Å². The van der Waals surface area contributed by atoms with E-state index in [0.29, 0.717) is 10.6 Å². The number of ether oxygens (including phenoxy) is 1. The SMILES string of the molecule is COc1ccc(-c2nc(C(=O)O)cs2)cc1[N+](=O)[O-]. The van der Waals surface area contributed by atoms with Gasteiger partial charge < -0.3 is 9.84 Å². The summed E-state index contributed by atoms with van der Waals surface area (Å²) in [7, 11) is 1.34. The van der Waals surface area contributed by atoms with Gasteiger partial charge in [-0.15, -0.1) is 11.3 Å². The molecule has 0 aliphatic carbocycles. The average Bonchev–Trinajstić information content (AvgIpc) is 2.87. The van der Waals surface area contributed by atoms with Gasteiger partial charge in [0.15, 0.2) is 11.4 Å². The third-order valence-electron chi connectivity index (χ3n) is 2.35. The van der Waals surface area contributed by atoms with Gasteiger partial charge >= 0.3 is 11.7 Å². The molecule has 7 nitrogen and oxygen atoms in total. The molecule has 19 heavy (non-hydrogen) atoms. The zero-order valence-electron chi connectivity index (χ0n) is 9.69. The zero-order chi connectivity index (χ0) is 14.0. The normalized spacial score (nSPS) is 10.2. The molecule has 0 radical (unpaired) electrons. The van der Waals surface area contributed by atoms with Gasteiger partial charge in [0.2, 0.25) is 0 Å². The minimum Gasteiger partial charge on any atom is -0.490 e. The Morgan fingerprint density at radius 3 is 2.79 bits per heavy atom. The second-order valence-electron chi connectivity index (χ2n) is 3.49. The molecule has 1 N–H and O–H groups in total. The van der Waals surface area contributed by atoms with Crippen molar-refractivity contribution < 1.29 is 19.6 Å². The highest BCUT2D eigenvalue weighted by Gasteiger charge is 2.18. The molecule has 1 aromatic heterocycles. The van der Waals surface area contributed by atoms with Crippen LogP contribution in [-0.4, -0.2) is 28.1 Å². The maximum Gasteiger partial charge on any atom is 0.355 e. The molecule has 0 bridgehead atoms. The highest BCUT2D eigenvalue weighted by Crippen LogP contribution is 2.33. The molecule has 0 unspecified atom stereocenters. The Morgan fingerprint density at radius 2 is 2.26 bits per heavy atom. The molecule has 0 saturated carbocycles. The van der Waals surface area contributed by atoms with E-state index >= 15 is 0 Å². The van der Waals surface area contributed by atoms with Crippen LogP contribution in [0.5, 0.6) is 5.75 Å². The first kappa shape index (κ1) is 13.0. The number of rotatable bonds is 4. The van der Waals surface area contributed by atoms with Crippen molar-refractivity contribution in [3.63, 3.8) is 0 Å². The van der Waals surface area contributed by atoms with Crippen LogP contribution < -0.4 is 4.74 Å². The van der Waals surface area contributed by atoms with Crippen molar-refractivity contribution >= 4 is 23.0 Å². The number of aromatic carboxylic acids is 1. The van der Waals surface area contributed by atoms with Crippen LogP contribution in [0.25, 0.3) is 10.6 Å². The molecule has 2 aromatic rings. The second-order valence-corrected chi connectivity index (χ2v) is 4.34. The minimum atomic E-state index is -1.13. The molecule has 0 fully saturated rings. The maximum absolute atomic E-state index is 10.9. The Hall–Kier alpha value is -2.48. The van der Waals surface area contributed by atoms with Crippen molar-refractivity contribution in [1.82, 2.24) is 4.98 Å². The lowest BCUT2D eigenvalue weighted by Crippen LogP contribution is -1.96. The van der Waals surface area contributed by atoms with Crippen LogP contribution in [0.3, 0.4) is 0 Å². The quantitative estimate of drug-likeness (QED) is 0.681. The molecule has 2 rings (SSSR count). The molecule has 8 heteroatoms. The van der Waals surface area contributed by atoms with Crippen molar-refractivity contribution in [3.05, 3.63) is 39.4 Å². The van der Waals surface area contributed by atoms with Gasteiger partial charge in [0.1, 0.15) is 5.01 Å². The topological polar surface area (TPSA) is 103 Å². The number of carbonyl (C=O) groups is 1. The molecule has 0 aliphatic heterocycles. The smallest absolute Gasteiger partial charge is 0.355 e. The molecular formula is C11H8N2O5S. The Kier molecular flexibility index (Phi) is 3.43. The number of aromatic nitrogens is 1. The van der Waals surface area contributed by atoms with Gasteiger partial charge in [0.05, 0.1) is 12.0 Å². The van der Waals surface area contributed by atoms with Gasteiger partial charge in [-0.25, -0.2) is 9.78 Å². The lowest BCUT2D eigenvalue weighted by atomic mass is 10.2. The van der Waals surface area contributed by atoms with E-state index in [2.05, 4.69) is 4.98 Å². The van der Waals surface area contributed by atoms with Crippen molar-refractivity contribution in [3.8, 4) is 16.3 Å². The van der Waals surface area contributed by atoms with Crippen molar-refractivity contribution in [1.29, 1.82) is 0 Å². The van der Waals surface area contributed by atoms with Gasteiger partial charge in [-0.3, -0.25) is 10.1 Å². The number of benzene rings is 1. The van der Waals surface area contributed by atoms with Gasteiger partial charge in [-0.2, -0.15) is 0 Å². The molecule has 98 valence electrons. The number of hydrogen-bond acceptors (Lipinski definition) is 6. The molecule has 0 amide bonds. The summed E-state index contributed by atoms with van der Waals surface area (Å²) in [5.74, 6) is -0.991. The summed E-state index contributed by atoms with van der Waals surface area (Å²) < 4.78 is 4.89.